The molecule has 0 bridgehead atoms. The number of H-pyrrole nitrogens is 1. The van der Waals surface area contributed by atoms with Crippen LogP contribution in [0.5, 0.6) is 0 Å². The zero-order valence-corrected chi connectivity index (χ0v) is 15.6. The average Bonchev–Trinajstić information content (AvgIpc) is 3.00. The van der Waals surface area contributed by atoms with E-state index < -0.39 is 17.4 Å². The predicted octanol–water partition coefficient (Wildman–Crippen LogP) is 1.32. The number of morpholine rings is 1. The highest BCUT2D eigenvalue weighted by atomic mass is 35.5. The van der Waals surface area contributed by atoms with E-state index in [2.05, 4.69) is 20.6 Å². The number of benzene rings is 1. The second kappa shape index (κ2) is 7.61. The van der Waals surface area contributed by atoms with Crippen LogP contribution in [-0.4, -0.2) is 48.1 Å². The van der Waals surface area contributed by atoms with Gasteiger partial charge in [-0.3, -0.25) is 19.4 Å². The molecule has 4 rings (SSSR count). The monoisotopic (exact) mass is 403 g/mol. The topological polar surface area (TPSA) is 116 Å². The number of amides is 2. The van der Waals surface area contributed by atoms with Gasteiger partial charge in [-0.05, 0) is 24.3 Å². The minimum Gasteiger partial charge on any atom is -0.378 e. The molecular formula is C18H18ClN5O4. The van der Waals surface area contributed by atoms with Crippen LogP contribution in [-0.2, 0) is 14.3 Å². The molecule has 28 heavy (non-hydrogen) atoms. The fourth-order valence-electron chi connectivity index (χ4n) is 3.27. The van der Waals surface area contributed by atoms with Crippen LogP contribution in [0.15, 0.2) is 29.1 Å². The van der Waals surface area contributed by atoms with Crippen LogP contribution in [0.2, 0.25) is 5.02 Å². The Bertz CT molecular complexity index is 969. The molecule has 2 aromatic rings. The van der Waals surface area contributed by atoms with Crippen LogP contribution >= 0.6 is 11.6 Å². The number of nitrogens with one attached hydrogen (secondary N) is 3. The molecule has 9 nitrogen and oxygen atoms in total. The molecule has 0 spiro atoms. The van der Waals surface area contributed by atoms with Crippen molar-refractivity contribution >= 4 is 40.9 Å². The van der Waals surface area contributed by atoms with Gasteiger partial charge in [0.25, 0.3) is 5.56 Å². The van der Waals surface area contributed by atoms with Crippen molar-refractivity contribution in [2.24, 2.45) is 0 Å². The lowest BCUT2D eigenvalue weighted by Gasteiger charge is -2.27. The first-order chi connectivity index (χ1) is 13.5. The molecule has 1 aromatic heterocycles. The fraction of sp³-hybridized carbons (Fsp3) is 0.333. The number of hydrogen-bond donors (Lipinski definition) is 3. The Kier molecular flexibility index (Phi) is 5.01. The first kappa shape index (κ1) is 18.5. The van der Waals surface area contributed by atoms with Gasteiger partial charge in [0.2, 0.25) is 17.8 Å². The quantitative estimate of drug-likeness (QED) is 0.709. The van der Waals surface area contributed by atoms with Gasteiger partial charge in [0, 0.05) is 30.2 Å². The first-order valence-corrected chi connectivity index (χ1v) is 9.22. The number of hydrogen-bond acceptors (Lipinski definition) is 6. The maximum atomic E-state index is 12.6. The molecule has 3 N–H and O–H groups in total. The van der Waals surface area contributed by atoms with Crippen LogP contribution < -0.4 is 21.1 Å². The summed E-state index contributed by atoms with van der Waals surface area (Å²) in [5.74, 6) is -1.10. The van der Waals surface area contributed by atoms with Crippen molar-refractivity contribution in [1.82, 2.24) is 9.97 Å². The van der Waals surface area contributed by atoms with Crippen molar-refractivity contribution in [1.29, 1.82) is 0 Å². The molecule has 1 unspecified atom stereocenters. The van der Waals surface area contributed by atoms with Crippen LogP contribution in [0, 0.1) is 0 Å². The van der Waals surface area contributed by atoms with Gasteiger partial charge < -0.3 is 20.3 Å². The SMILES string of the molecule is O=C(CC1C(=O)Nc2nc(N3CCOCC3)[nH]c(=O)c21)Nc1ccc(Cl)cc1. The number of fused-ring (bicyclic) bond motifs is 1. The van der Waals surface area contributed by atoms with Crippen molar-refractivity contribution in [2.75, 3.05) is 41.8 Å². The number of halogens is 1. The van der Waals surface area contributed by atoms with Crippen molar-refractivity contribution in [3.63, 3.8) is 0 Å². The van der Waals surface area contributed by atoms with E-state index in [1.807, 2.05) is 4.90 Å². The Morgan fingerprint density at radius 3 is 2.68 bits per heavy atom. The lowest BCUT2D eigenvalue weighted by molar-refractivity contribution is -0.122. The molecule has 2 aliphatic rings. The van der Waals surface area contributed by atoms with Crippen molar-refractivity contribution < 1.29 is 14.3 Å². The number of aromatic amines is 1. The number of rotatable bonds is 4. The molecule has 3 heterocycles. The van der Waals surface area contributed by atoms with Gasteiger partial charge in [-0.2, -0.15) is 4.98 Å². The van der Waals surface area contributed by atoms with E-state index in [1.165, 1.54) is 0 Å². The van der Waals surface area contributed by atoms with Crippen LogP contribution in [0.1, 0.15) is 17.9 Å². The van der Waals surface area contributed by atoms with E-state index in [-0.39, 0.29) is 23.7 Å². The molecule has 2 amide bonds. The highest BCUT2D eigenvalue weighted by Crippen LogP contribution is 2.31. The number of carbonyl (C=O) groups excluding carboxylic acids is 2. The lowest BCUT2D eigenvalue weighted by atomic mass is 9.99. The predicted molar refractivity (Wildman–Crippen MR) is 104 cm³/mol. The molecular weight excluding hydrogens is 386 g/mol. The van der Waals surface area contributed by atoms with Gasteiger partial charge >= 0.3 is 0 Å². The number of ether oxygens (including phenoxy) is 1. The average molecular weight is 404 g/mol. The smallest absolute Gasteiger partial charge is 0.258 e. The summed E-state index contributed by atoms with van der Waals surface area (Å²) in [7, 11) is 0. The summed E-state index contributed by atoms with van der Waals surface area (Å²) in [6, 6.07) is 6.62. The highest BCUT2D eigenvalue weighted by Gasteiger charge is 2.37. The lowest BCUT2D eigenvalue weighted by Crippen LogP contribution is -2.38. The summed E-state index contributed by atoms with van der Waals surface area (Å²) in [5.41, 5.74) is 0.324. The summed E-state index contributed by atoms with van der Waals surface area (Å²) in [4.78, 5) is 46.3. The van der Waals surface area contributed by atoms with Crippen LogP contribution in [0.3, 0.4) is 0 Å². The van der Waals surface area contributed by atoms with E-state index in [0.29, 0.717) is 43.0 Å². The Balaban J connectivity index is 1.52. The molecule has 1 atom stereocenters. The van der Waals surface area contributed by atoms with Crippen LogP contribution in [0.4, 0.5) is 17.5 Å². The van der Waals surface area contributed by atoms with Gasteiger partial charge in [0.15, 0.2) is 0 Å². The number of nitrogens with zero attached hydrogens (tertiary/aromatic N) is 2. The minimum absolute atomic E-state index is 0.164. The van der Waals surface area contributed by atoms with E-state index in [0.717, 1.165) is 0 Å². The maximum Gasteiger partial charge on any atom is 0.258 e. The molecule has 1 aromatic carbocycles. The highest BCUT2D eigenvalue weighted by molar-refractivity contribution is 6.30. The molecule has 0 saturated carbocycles. The minimum atomic E-state index is -0.891. The Morgan fingerprint density at radius 1 is 1.25 bits per heavy atom. The maximum absolute atomic E-state index is 12.6. The molecule has 0 radical (unpaired) electrons. The summed E-state index contributed by atoms with van der Waals surface area (Å²) in [5, 5.41) is 5.87. The van der Waals surface area contributed by atoms with E-state index in [9.17, 15) is 14.4 Å². The van der Waals surface area contributed by atoms with Crippen molar-refractivity contribution in [3.05, 3.63) is 45.2 Å². The third-order valence-corrected chi connectivity index (χ3v) is 4.93. The van der Waals surface area contributed by atoms with E-state index in [4.69, 9.17) is 16.3 Å². The Labute approximate surface area is 165 Å². The second-order valence-corrected chi connectivity index (χ2v) is 6.99. The summed E-state index contributed by atoms with van der Waals surface area (Å²) in [6.45, 7) is 2.28. The second-order valence-electron chi connectivity index (χ2n) is 6.55. The molecule has 10 heteroatoms. The number of carbonyl (C=O) groups is 2. The van der Waals surface area contributed by atoms with Gasteiger partial charge in [0.1, 0.15) is 5.82 Å². The first-order valence-electron chi connectivity index (χ1n) is 8.84. The number of aromatic nitrogens is 2. The van der Waals surface area contributed by atoms with Gasteiger partial charge in [-0.1, -0.05) is 11.6 Å². The third-order valence-electron chi connectivity index (χ3n) is 4.68. The molecule has 146 valence electrons. The molecule has 1 fully saturated rings. The normalized spacial score (nSPS) is 18.5. The zero-order valence-electron chi connectivity index (χ0n) is 14.8. The molecule has 2 aliphatic heterocycles. The molecule has 0 aliphatic carbocycles. The number of anilines is 3. The van der Waals surface area contributed by atoms with Gasteiger partial charge in [-0.25, -0.2) is 0 Å². The standard InChI is InChI=1S/C18H18ClN5O4/c19-10-1-3-11(4-2-10)20-13(25)9-12-14-15(21-16(12)26)22-18(23-17(14)27)24-5-7-28-8-6-24/h1-4,12H,5-9H2,(H,20,25)(H2,21,22,23,26,27). The third kappa shape index (κ3) is 3.71. The largest absolute Gasteiger partial charge is 0.378 e. The van der Waals surface area contributed by atoms with E-state index >= 15 is 0 Å². The summed E-state index contributed by atoms with van der Waals surface area (Å²) < 4.78 is 5.29. The summed E-state index contributed by atoms with van der Waals surface area (Å²) in [6.07, 6.45) is -0.164. The zero-order chi connectivity index (χ0) is 19.7. The molecule has 1 saturated heterocycles. The van der Waals surface area contributed by atoms with Crippen molar-refractivity contribution in [3.8, 4) is 0 Å². The van der Waals surface area contributed by atoms with Gasteiger partial charge in [-0.15, -0.1) is 0 Å². The van der Waals surface area contributed by atoms with Crippen LogP contribution in [0.25, 0.3) is 0 Å². The Morgan fingerprint density at radius 2 is 1.96 bits per heavy atom. The van der Waals surface area contributed by atoms with Gasteiger partial charge in [0.05, 0.1) is 24.7 Å². The summed E-state index contributed by atoms with van der Waals surface area (Å²) >= 11 is 5.83. The fourth-order valence-corrected chi connectivity index (χ4v) is 3.40. The van der Waals surface area contributed by atoms with E-state index in [1.54, 1.807) is 24.3 Å². The van der Waals surface area contributed by atoms with Crippen molar-refractivity contribution in [2.45, 2.75) is 12.3 Å². The Hall–Kier alpha value is -2.91.